The second-order valence-corrected chi connectivity index (χ2v) is 7.48. The molecule has 0 amide bonds. The Bertz CT molecular complexity index is 739. The van der Waals surface area contributed by atoms with Crippen molar-refractivity contribution in [2.24, 2.45) is 5.92 Å². The van der Waals surface area contributed by atoms with Gasteiger partial charge in [-0.15, -0.1) is 6.58 Å². The number of benzene rings is 2. The Hall–Kier alpha value is -1.70. The second kappa shape index (κ2) is 8.12. The SMILES string of the molecule is C=CCCC1CCC(c2cc3ccc(CCC)cc3c(F)c2F)CC1. The minimum Gasteiger partial charge on any atom is -0.203 e. The van der Waals surface area contributed by atoms with Crippen LogP contribution in [0.4, 0.5) is 8.78 Å². The van der Waals surface area contributed by atoms with E-state index in [1.807, 2.05) is 30.3 Å². The van der Waals surface area contributed by atoms with Gasteiger partial charge in [0.15, 0.2) is 11.6 Å². The summed E-state index contributed by atoms with van der Waals surface area (Å²) in [5, 5.41) is 1.24. The molecule has 0 bridgehead atoms. The van der Waals surface area contributed by atoms with Crippen LogP contribution in [-0.2, 0) is 6.42 Å². The third-order valence-electron chi connectivity index (χ3n) is 5.72. The summed E-state index contributed by atoms with van der Waals surface area (Å²) in [6.07, 6.45) is 10.2. The molecule has 0 aliphatic heterocycles. The van der Waals surface area contributed by atoms with Gasteiger partial charge in [-0.2, -0.15) is 0 Å². The minimum absolute atomic E-state index is 0.147. The van der Waals surface area contributed by atoms with E-state index in [2.05, 4.69) is 13.5 Å². The molecule has 2 aromatic rings. The summed E-state index contributed by atoms with van der Waals surface area (Å²) in [6.45, 7) is 5.88. The van der Waals surface area contributed by atoms with Crippen LogP contribution in [0.1, 0.15) is 68.9 Å². The molecule has 0 aromatic heterocycles. The smallest absolute Gasteiger partial charge is 0.166 e. The molecule has 1 fully saturated rings. The van der Waals surface area contributed by atoms with Crippen molar-refractivity contribution in [2.45, 2.75) is 64.2 Å². The van der Waals surface area contributed by atoms with E-state index < -0.39 is 11.6 Å². The molecular formula is C23H28F2. The summed E-state index contributed by atoms with van der Waals surface area (Å²) >= 11 is 0. The van der Waals surface area contributed by atoms with E-state index >= 15 is 0 Å². The summed E-state index contributed by atoms with van der Waals surface area (Å²) in [5.41, 5.74) is 1.65. The van der Waals surface area contributed by atoms with Crippen LogP contribution in [0.3, 0.4) is 0 Å². The zero-order valence-corrected chi connectivity index (χ0v) is 15.2. The molecule has 1 aliphatic carbocycles. The number of hydrogen-bond donors (Lipinski definition) is 0. The molecule has 1 aliphatic rings. The third-order valence-corrected chi connectivity index (χ3v) is 5.72. The van der Waals surface area contributed by atoms with Gasteiger partial charge in [-0.1, -0.05) is 31.6 Å². The van der Waals surface area contributed by atoms with Gasteiger partial charge in [0.05, 0.1) is 0 Å². The Morgan fingerprint density at radius 1 is 1.08 bits per heavy atom. The summed E-state index contributed by atoms with van der Waals surface area (Å²) in [5.74, 6) is -0.441. The Morgan fingerprint density at radius 3 is 2.52 bits per heavy atom. The Balaban J connectivity index is 1.84. The molecular weight excluding hydrogens is 314 g/mol. The molecule has 0 nitrogen and oxygen atoms in total. The van der Waals surface area contributed by atoms with E-state index in [1.54, 1.807) is 0 Å². The van der Waals surface area contributed by atoms with Crippen LogP contribution in [0.15, 0.2) is 36.9 Å². The monoisotopic (exact) mass is 342 g/mol. The van der Waals surface area contributed by atoms with Gasteiger partial charge < -0.3 is 0 Å². The topological polar surface area (TPSA) is 0 Å². The molecule has 0 saturated heterocycles. The molecule has 134 valence electrons. The average molecular weight is 342 g/mol. The molecule has 0 N–H and O–H groups in total. The first-order valence-corrected chi connectivity index (χ1v) is 9.65. The Labute approximate surface area is 149 Å². The highest BCUT2D eigenvalue weighted by Gasteiger charge is 2.26. The van der Waals surface area contributed by atoms with Gasteiger partial charge in [-0.3, -0.25) is 0 Å². The third kappa shape index (κ3) is 3.94. The second-order valence-electron chi connectivity index (χ2n) is 7.48. The quantitative estimate of drug-likeness (QED) is 0.483. The van der Waals surface area contributed by atoms with Crippen LogP contribution < -0.4 is 0 Å². The summed E-state index contributed by atoms with van der Waals surface area (Å²) in [4.78, 5) is 0. The predicted molar refractivity (Wildman–Crippen MR) is 102 cm³/mol. The summed E-state index contributed by atoms with van der Waals surface area (Å²) < 4.78 is 29.4. The van der Waals surface area contributed by atoms with Crippen LogP contribution in [0, 0.1) is 17.6 Å². The number of halogens is 2. The maximum absolute atomic E-state index is 14.7. The summed E-state index contributed by atoms with van der Waals surface area (Å²) in [6, 6.07) is 7.69. The highest BCUT2D eigenvalue weighted by atomic mass is 19.2. The molecule has 0 heterocycles. The lowest BCUT2D eigenvalue weighted by Crippen LogP contribution is -2.15. The normalized spacial score (nSPS) is 20.8. The lowest BCUT2D eigenvalue weighted by atomic mass is 9.76. The van der Waals surface area contributed by atoms with E-state index in [1.165, 1.54) is 6.42 Å². The fraction of sp³-hybridized carbons (Fsp3) is 0.478. The van der Waals surface area contributed by atoms with E-state index in [9.17, 15) is 8.78 Å². The predicted octanol–water partition coefficient (Wildman–Crippen LogP) is 7.31. The van der Waals surface area contributed by atoms with Gasteiger partial charge in [-0.05, 0) is 85.4 Å². The molecule has 25 heavy (non-hydrogen) atoms. The average Bonchev–Trinajstić information content (AvgIpc) is 2.64. The van der Waals surface area contributed by atoms with Crippen LogP contribution in [0.2, 0.25) is 0 Å². The van der Waals surface area contributed by atoms with E-state index in [4.69, 9.17) is 0 Å². The first-order chi connectivity index (χ1) is 12.1. The van der Waals surface area contributed by atoms with E-state index in [-0.39, 0.29) is 5.92 Å². The van der Waals surface area contributed by atoms with Gasteiger partial charge in [0.25, 0.3) is 0 Å². The molecule has 0 atom stereocenters. The Kier molecular flexibility index (Phi) is 5.88. The first kappa shape index (κ1) is 18.1. The lowest BCUT2D eigenvalue weighted by molar-refractivity contribution is 0.306. The molecule has 0 unspecified atom stereocenters. The fourth-order valence-electron chi connectivity index (χ4n) is 4.25. The molecule has 2 heteroatoms. The van der Waals surface area contributed by atoms with Gasteiger partial charge >= 0.3 is 0 Å². The summed E-state index contributed by atoms with van der Waals surface area (Å²) in [7, 11) is 0. The Morgan fingerprint density at radius 2 is 1.84 bits per heavy atom. The van der Waals surface area contributed by atoms with Crippen molar-refractivity contribution >= 4 is 10.8 Å². The van der Waals surface area contributed by atoms with E-state index in [0.29, 0.717) is 16.9 Å². The highest BCUT2D eigenvalue weighted by molar-refractivity contribution is 5.85. The first-order valence-electron chi connectivity index (χ1n) is 9.65. The largest absolute Gasteiger partial charge is 0.203 e. The van der Waals surface area contributed by atoms with Crippen molar-refractivity contribution < 1.29 is 8.78 Å². The van der Waals surface area contributed by atoms with Crippen molar-refractivity contribution in [1.29, 1.82) is 0 Å². The standard InChI is InChI=1S/C23H28F2/c1-3-5-7-16-8-11-18(12-9-16)21-15-19-13-10-17(6-4-2)14-20(19)22(24)23(21)25/h3,10,13-16,18H,1,4-9,11-12H2,2H3. The van der Waals surface area contributed by atoms with Crippen LogP contribution in [0.25, 0.3) is 10.8 Å². The number of hydrogen-bond acceptors (Lipinski definition) is 0. The number of fused-ring (bicyclic) bond motifs is 1. The maximum Gasteiger partial charge on any atom is 0.166 e. The molecule has 2 aromatic carbocycles. The van der Waals surface area contributed by atoms with Crippen LogP contribution in [0.5, 0.6) is 0 Å². The van der Waals surface area contributed by atoms with Crippen LogP contribution in [-0.4, -0.2) is 0 Å². The van der Waals surface area contributed by atoms with E-state index in [0.717, 1.165) is 55.9 Å². The molecule has 0 radical (unpaired) electrons. The van der Waals surface area contributed by atoms with Crippen molar-refractivity contribution in [2.75, 3.05) is 0 Å². The van der Waals surface area contributed by atoms with Crippen molar-refractivity contribution in [3.05, 3.63) is 59.7 Å². The van der Waals surface area contributed by atoms with Gasteiger partial charge in [0.2, 0.25) is 0 Å². The molecule has 0 spiro atoms. The van der Waals surface area contributed by atoms with Crippen molar-refractivity contribution in [3.8, 4) is 0 Å². The minimum atomic E-state index is -0.667. The zero-order valence-electron chi connectivity index (χ0n) is 15.2. The maximum atomic E-state index is 14.7. The number of allylic oxidation sites excluding steroid dienone is 1. The van der Waals surface area contributed by atoms with Crippen molar-refractivity contribution in [1.82, 2.24) is 0 Å². The molecule has 3 rings (SSSR count). The van der Waals surface area contributed by atoms with Gasteiger partial charge in [-0.25, -0.2) is 8.78 Å². The lowest BCUT2D eigenvalue weighted by Gasteiger charge is -2.29. The highest BCUT2D eigenvalue weighted by Crippen LogP contribution is 2.40. The zero-order chi connectivity index (χ0) is 17.8. The number of rotatable bonds is 6. The van der Waals surface area contributed by atoms with Gasteiger partial charge in [0.1, 0.15) is 0 Å². The fourth-order valence-corrected chi connectivity index (χ4v) is 4.25. The van der Waals surface area contributed by atoms with Gasteiger partial charge in [0, 0.05) is 5.39 Å². The molecule has 1 saturated carbocycles. The van der Waals surface area contributed by atoms with Crippen molar-refractivity contribution in [3.63, 3.8) is 0 Å². The number of aryl methyl sites for hydroxylation is 1. The van der Waals surface area contributed by atoms with Crippen LogP contribution >= 0.6 is 0 Å².